The lowest BCUT2D eigenvalue weighted by Crippen LogP contribution is -2.68. The van der Waals surface area contributed by atoms with Crippen LogP contribution in [0.5, 0.6) is 0 Å². The Balaban J connectivity index is 2.25. The Morgan fingerprint density at radius 3 is 2.00 bits per heavy atom. The van der Waals surface area contributed by atoms with Crippen LogP contribution in [-0.2, 0) is 4.79 Å². The largest absolute Gasteiger partial charge is 0.361 e. The second-order valence-electron chi connectivity index (χ2n) is 6.99. The Morgan fingerprint density at radius 2 is 1.54 bits per heavy atom. The van der Waals surface area contributed by atoms with Gasteiger partial charge in [0.2, 0.25) is 5.79 Å². The molecule has 0 aromatic carbocycles. The molecule has 24 heavy (non-hydrogen) atoms. The lowest BCUT2D eigenvalue weighted by Gasteiger charge is -2.39. The molecule has 142 valence electrons. The minimum Gasteiger partial charge on any atom is -0.361 e. The molecule has 0 heterocycles. The Hall–Kier alpha value is -0.610. The number of aliphatic hydroxyl groups is 7. The molecule has 8 nitrogen and oxygen atoms in total. The molecule has 0 aromatic rings. The second-order valence-corrected chi connectivity index (χ2v) is 6.99. The smallest absolute Gasteiger partial charge is 0.338 e. The number of rotatable bonds is 12. The molecule has 0 bridgehead atoms. The Kier molecular flexibility index (Phi) is 7.74. The van der Waals surface area contributed by atoms with Crippen molar-refractivity contribution in [1.82, 2.24) is 0 Å². The predicted octanol–water partition coefficient (Wildman–Crippen LogP) is -0.675. The Labute approximate surface area is 141 Å². The van der Waals surface area contributed by atoms with Crippen molar-refractivity contribution in [1.29, 1.82) is 0 Å². The third-order valence-corrected chi connectivity index (χ3v) is 4.99. The summed E-state index contributed by atoms with van der Waals surface area (Å²) in [7, 11) is 0. The number of hydrogen-bond donors (Lipinski definition) is 7. The van der Waals surface area contributed by atoms with Crippen molar-refractivity contribution in [3.63, 3.8) is 0 Å². The standard InChI is InChI=1S/C16H30O8/c17-11-13(9-8-12-6-4-7-12)5-2-1-3-10-14(18,19)15(20,21)16(22,23)24/h11-13,18-24H,1-10H2. The topological polar surface area (TPSA) is 159 Å². The van der Waals surface area contributed by atoms with Gasteiger partial charge in [0.05, 0.1) is 0 Å². The van der Waals surface area contributed by atoms with Gasteiger partial charge < -0.3 is 40.5 Å². The van der Waals surface area contributed by atoms with E-state index in [-0.39, 0.29) is 12.3 Å². The summed E-state index contributed by atoms with van der Waals surface area (Å²) in [5, 5.41) is 63.9. The maximum Gasteiger partial charge on any atom is 0.338 e. The van der Waals surface area contributed by atoms with Gasteiger partial charge in [-0.25, -0.2) is 0 Å². The molecule has 8 heteroatoms. The summed E-state index contributed by atoms with van der Waals surface area (Å²) in [6.45, 7) is 0. The SMILES string of the molecule is O=CC(CCCCCC(O)(O)C(O)(O)C(O)(O)O)CCC1CCC1. The molecule has 0 aromatic heterocycles. The van der Waals surface area contributed by atoms with Gasteiger partial charge >= 0.3 is 11.8 Å². The van der Waals surface area contributed by atoms with Gasteiger partial charge in [-0.05, 0) is 31.6 Å². The van der Waals surface area contributed by atoms with E-state index in [4.69, 9.17) is 15.3 Å². The summed E-state index contributed by atoms with van der Waals surface area (Å²) < 4.78 is 0. The molecule has 1 atom stereocenters. The molecule has 0 spiro atoms. The van der Waals surface area contributed by atoms with Gasteiger partial charge in [0.25, 0.3) is 0 Å². The van der Waals surface area contributed by atoms with Crippen molar-refractivity contribution in [2.24, 2.45) is 11.8 Å². The molecule has 1 fully saturated rings. The normalized spacial score (nSPS) is 18.3. The van der Waals surface area contributed by atoms with Gasteiger partial charge in [0.1, 0.15) is 6.29 Å². The fraction of sp³-hybridized carbons (Fsp3) is 0.938. The number of aldehydes is 1. The van der Waals surface area contributed by atoms with E-state index in [1.165, 1.54) is 19.3 Å². The van der Waals surface area contributed by atoms with Crippen molar-refractivity contribution in [3.8, 4) is 0 Å². The highest BCUT2D eigenvalue weighted by Gasteiger charge is 2.61. The molecule has 1 aliphatic carbocycles. The molecule has 1 aliphatic rings. The quantitative estimate of drug-likeness (QED) is 0.139. The third kappa shape index (κ3) is 5.73. The van der Waals surface area contributed by atoms with Crippen molar-refractivity contribution < 1.29 is 40.5 Å². The molecule has 1 unspecified atom stereocenters. The van der Waals surface area contributed by atoms with E-state index in [1.54, 1.807) is 0 Å². The summed E-state index contributed by atoms with van der Waals surface area (Å²) in [6.07, 6.45) is 7.99. The third-order valence-electron chi connectivity index (χ3n) is 4.99. The van der Waals surface area contributed by atoms with Gasteiger partial charge in [0, 0.05) is 12.3 Å². The Bertz CT molecular complexity index is 384. The van der Waals surface area contributed by atoms with Crippen LogP contribution >= 0.6 is 0 Å². The molecule has 7 N–H and O–H groups in total. The molecule has 1 rings (SSSR count). The van der Waals surface area contributed by atoms with Crippen LogP contribution in [0.25, 0.3) is 0 Å². The van der Waals surface area contributed by atoms with Gasteiger partial charge in [-0.3, -0.25) is 0 Å². The lowest BCUT2D eigenvalue weighted by molar-refractivity contribution is -0.509. The average Bonchev–Trinajstić information content (AvgIpc) is 2.41. The molecular formula is C16H30O8. The van der Waals surface area contributed by atoms with E-state index in [1.807, 2.05) is 0 Å². The first-order valence-corrected chi connectivity index (χ1v) is 8.53. The predicted molar refractivity (Wildman–Crippen MR) is 82.9 cm³/mol. The van der Waals surface area contributed by atoms with Crippen LogP contribution in [0.2, 0.25) is 0 Å². The fourth-order valence-corrected chi connectivity index (χ4v) is 2.91. The fourth-order valence-electron chi connectivity index (χ4n) is 2.91. The van der Waals surface area contributed by atoms with Crippen LogP contribution in [0.1, 0.15) is 64.2 Å². The van der Waals surface area contributed by atoms with Crippen LogP contribution in [0.15, 0.2) is 0 Å². The molecule has 0 aliphatic heterocycles. The van der Waals surface area contributed by atoms with Gasteiger partial charge in [0.15, 0.2) is 0 Å². The number of carbonyl (C=O) groups excluding carboxylic acids is 1. The highest BCUT2D eigenvalue weighted by molar-refractivity contribution is 5.53. The summed E-state index contributed by atoms with van der Waals surface area (Å²) >= 11 is 0. The van der Waals surface area contributed by atoms with Crippen LogP contribution in [0.4, 0.5) is 0 Å². The maximum absolute atomic E-state index is 11.1. The number of carbonyl (C=O) groups is 1. The van der Waals surface area contributed by atoms with Gasteiger partial charge in [-0.15, -0.1) is 0 Å². The minimum atomic E-state index is -4.07. The van der Waals surface area contributed by atoms with E-state index < -0.39 is 24.0 Å². The summed E-state index contributed by atoms with van der Waals surface area (Å²) in [6, 6.07) is 0. The van der Waals surface area contributed by atoms with Crippen LogP contribution < -0.4 is 0 Å². The van der Waals surface area contributed by atoms with Crippen molar-refractivity contribution >= 4 is 6.29 Å². The number of hydrogen-bond acceptors (Lipinski definition) is 8. The van der Waals surface area contributed by atoms with E-state index in [0.29, 0.717) is 19.3 Å². The van der Waals surface area contributed by atoms with E-state index >= 15 is 0 Å². The first-order chi connectivity index (χ1) is 11.0. The molecule has 0 saturated heterocycles. The zero-order valence-corrected chi connectivity index (χ0v) is 13.8. The zero-order valence-electron chi connectivity index (χ0n) is 13.8. The second kappa shape index (κ2) is 8.66. The van der Waals surface area contributed by atoms with Crippen molar-refractivity contribution in [3.05, 3.63) is 0 Å². The minimum absolute atomic E-state index is 0.0200. The van der Waals surface area contributed by atoms with Crippen LogP contribution in [-0.4, -0.2) is 59.6 Å². The molecule has 0 amide bonds. The molecule has 0 radical (unpaired) electrons. The highest BCUT2D eigenvalue weighted by Crippen LogP contribution is 2.33. The molecular weight excluding hydrogens is 320 g/mol. The van der Waals surface area contributed by atoms with E-state index in [9.17, 15) is 25.2 Å². The Morgan fingerprint density at radius 1 is 0.917 bits per heavy atom. The monoisotopic (exact) mass is 350 g/mol. The maximum atomic E-state index is 11.1. The van der Waals surface area contributed by atoms with Gasteiger partial charge in [-0.1, -0.05) is 32.1 Å². The average molecular weight is 350 g/mol. The summed E-state index contributed by atoms with van der Waals surface area (Å²) in [4.78, 5) is 11.1. The van der Waals surface area contributed by atoms with Crippen LogP contribution in [0.3, 0.4) is 0 Å². The van der Waals surface area contributed by atoms with E-state index in [0.717, 1.165) is 25.0 Å². The van der Waals surface area contributed by atoms with E-state index in [2.05, 4.69) is 0 Å². The summed E-state index contributed by atoms with van der Waals surface area (Å²) in [5.41, 5.74) is 0. The van der Waals surface area contributed by atoms with Crippen molar-refractivity contribution in [2.75, 3.05) is 0 Å². The first kappa shape index (κ1) is 21.4. The highest BCUT2D eigenvalue weighted by atomic mass is 16.7. The van der Waals surface area contributed by atoms with Gasteiger partial charge in [-0.2, -0.15) is 0 Å². The lowest BCUT2D eigenvalue weighted by atomic mass is 9.80. The van der Waals surface area contributed by atoms with Crippen molar-refractivity contribution in [2.45, 2.75) is 81.8 Å². The summed E-state index contributed by atoms with van der Waals surface area (Å²) in [5.74, 6) is -10.5. The number of unbranched alkanes of at least 4 members (excludes halogenated alkanes) is 2. The molecule has 1 saturated carbocycles. The first-order valence-electron chi connectivity index (χ1n) is 8.53. The zero-order chi connectivity index (χ0) is 18.4. The van der Waals surface area contributed by atoms with Crippen LogP contribution in [0, 0.1) is 11.8 Å².